The Morgan fingerprint density at radius 3 is 2.60 bits per heavy atom. The van der Waals surface area contributed by atoms with Crippen LogP contribution in [0.3, 0.4) is 0 Å². The topological polar surface area (TPSA) is 58.6 Å². The first-order chi connectivity index (χ1) is 9.61. The highest BCUT2D eigenvalue weighted by atomic mass is 16.5. The first kappa shape index (κ1) is 16.5. The van der Waals surface area contributed by atoms with Gasteiger partial charge in [-0.1, -0.05) is 32.0 Å². The van der Waals surface area contributed by atoms with Crippen molar-refractivity contribution in [1.82, 2.24) is 5.32 Å². The van der Waals surface area contributed by atoms with Crippen molar-refractivity contribution in [3.63, 3.8) is 0 Å². The van der Waals surface area contributed by atoms with E-state index in [2.05, 4.69) is 19.2 Å². The zero-order chi connectivity index (χ0) is 14.8. The summed E-state index contributed by atoms with van der Waals surface area (Å²) in [6.07, 6.45) is 1.88. The van der Waals surface area contributed by atoms with Crippen LogP contribution in [0.25, 0.3) is 0 Å². The second-order valence-corrected chi connectivity index (χ2v) is 5.34. The molecule has 0 bridgehead atoms. The van der Waals surface area contributed by atoms with Crippen molar-refractivity contribution in [3.8, 4) is 5.75 Å². The highest BCUT2D eigenvalue weighted by Gasteiger charge is 2.12. The lowest BCUT2D eigenvalue weighted by Gasteiger charge is -2.18. The SMILES string of the molecule is CC(C)CC(CO)NC(=O)CCCOc1ccccc1. The maximum absolute atomic E-state index is 11.7. The summed E-state index contributed by atoms with van der Waals surface area (Å²) in [5.74, 6) is 1.25. The molecule has 2 N–H and O–H groups in total. The Bertz CT molecular complexity index is 379. The summed E-state index contributed by atoms with van der Waals surface area (Å²) in [4.78, 5) is 11.7. The fourth-order valence-corrected chi connectivity index (χ4v) is 1.99. The van der Waals surface area contributed by atoms with E-state index in [9.17, 15) is 9.90 Å². The number of hydrogen-bond acceptors (Lipinski definition) is 3. The van der Waals surface area contributed by atoms with Gasteiger partial charge in [-0.15, -0.1) is 0 Å². The number of rotatable bonds is 9. The second-order valence-electron chi connectivity index (χ2n) is 5.34. The Balaban J connectivity index is 2.16. The third-order valence-electron chi connectivity index (χ3n) is 2.90. The molecule has 0 saturated heterocycles. The molecule has 0 spiro atoms. The van der Waals surface area contributed by atoms with Gasteiger partial charge in [0.15, 0.2) is 0 Å². The van der Waals surface area contributed by atoms with Crippen LogP contribution in [0.1, 0.15) is 33.1 Å². The van der Waals surface area contributed by atoms with Crippen LogP contribution in [0.15, 0.2) is 30.3 Å². The number of aliphatic hydroxyl groups excluding tert-OH is 1. The quantitative estimate of drug-likeness (QED) is 0.682. The Morgan fingerprint density at radius 1 is 1.30 bits per heavy atom. The molecule has 1 atom stereocenters. The monoisotopic (exact) mass is 279 g/mol. The van der Waals surface area contributed by atoms with E-state index in [1.807, 2.05) is 30.3 Å². The number of para-hydroxylation sites is 1. The van der Waals surface area contributed by atoms with E-state index in [-0.39, 0.29) is 18.6 Å². The van der Waals surface area contributed by atoms with Crippen molar-refractivity contribution in [2.24, 2.45) is 5.92 Å². The minimum atomic E-state index is -0.141. The minimum absolute atomic E-state index is 0.00949. The van der Waals surface area contributed by atoms with E-state index in [1.54, 1.807) is 0 Å². The summed E-state index contributed by atoms with van der Waals surface area (Å²) in [7, 11) is 0. The first-order valence-electron chi connectivity index (χ1n) is 7.20. The third kappa shape index (κ3) is 7.14. The van der Waals surface area contributed by atoms with Gasteiger partial charge in [0.05, 0.1) is 19.3 Å². The molecule has 0 radical (unpaired) electrons. The lowest BCUT2D eigenvalue weighted by Crippen LogP contribution is -2.38. The molecule has 1 unspecified atom stereocenters. The van der Waals surface area contributed by atoms with Crippen molar-refractivity contribution in [2.75, 3.05) is 13.2 Å². The van der Waals surface area contributed by atoms with Gasteiger partial charge in [-0.25, -0.2) is 0 Å². The van der Waals surface area contributed by atoms with Gasteiger partial charge in [-0.05, 0) is 30.9 Å². The highest BCUT2D eigenvalue weighted by Crippen LogP contribution is 2.09. The Morgan fingerprint density at radius 2 is 2.00 bits per heavy atom. The van der Waals surface area contributed by atoms with E-state index >= 15 is 0 Å². The van der Waals surface area contributed by atoms with Gasteiger partial charge in [-0.3, -0.25) is 4.79 Å². The summed E-state index contributed by atoms with van der Waals surface area (Å²) in [6, 6.07) is 9.41. The van der Waals surface area contributed by atoms with Crippen LogP contribution in [0.2, 0.25) is 0 Å². The molecule has 20 heavy (non-hydrogen) atoms. The number of hydrogen-bond donors (Lipinski definition) is 2. The smallest absolute Gasteiger partial charge is 0.220 e. The Kier molecular flexibility index (Phi) is 7.73. The van der Waals surface area contributed by atoms with Gasteiger partial charge < -0.3 is 15.2 Å². The number of nitrogens with one attached hydrogen (secondary N) is 1. The van der Waals surface area contributed by atoms with Crippen LogP contribution < -0.4 is 10.1 Å². The van der Waals surface area contributed by atoms with Gasteiger partial charge in [0, 0.05) is 6.42 Å². The summed E-state index contributed by atoms with van der Waals surface area (Å²) in [5, 5.41) is 12.1. The number of carbonyl (C=O) groups excluding carboxylic acids is 1. The van der Waals surface area contributed by atoms with E-state index in [1.165, 1.54) is 0 Å². The fourth-order valence-electron chi connectivity index (χ4n) is 1.99. The van der Waals surface area contributed by atoms with E-state index in [0.717, 1.165) is 12.2 Å². The van der Waals surface area contributed by atoms with Crippen LogP contribution in [-0.4, -0.2) is 30.3 Å². The molecule has 1 amide bonds. The zero-order valence-corrected chi connectivity index (χ0v) is 12.3. The molecule has 0 fully saturated rings. The van der Waals surface area contributed by atoms with Crippen LogP contribution >= 0.6 is 0 Å². The molecule has 1 aromatic carbocycles. The van der Waals surface area contributed by atoms with Gasteiger partial charge in [0.25, 0.3) is 0 Å². The van der Waals surface area contributed by atoms with E-state index in [0.29, 0.717) is 25.4 Å². The van der Waals surface area contributed by atoms with E-state index < -0.39 is 0 Å². The van der Waals surface area contributed by atoms with Crippen LogP contribution in [-0.2, 0) is 4.79 Å². The predicted octanol–water partition coefficient (Wildman–Crippen LogP) is 2.37. The fraction of sp³-hybridized carbons (Fsp3) is 0.562. The van der Waals surface area contributed by atoms with E-state index in [4.69, 9.17) is 4.74 Å². The van der Waals surface area contributed by atoms with Crippen molar-refractivity contribution in [2.45, 2.75) is 39.2 Å². The molecule has 0 aliphatic rings. The molecule has 4 nitrogen and oxygen atoms in total. The summed E-state index contributed by atoms with van der Waals surface area (Å²) in [5.41, 5.74) is 0. The lowest BCUT2D eigenvalue weighted by atomic mass is 10.0. The van der Waals surface area contributed by atoms with Crippen molar-refractivity contribution in [1.29, 1.82) is 0 Å². The maximum atomic E-state index is 11.7. The lowest BCUT2D eigenvalue weighted by molar-refractivity contribution is -0.122. The molecular weight excluding hydrogens is 254 g/mol. The number of aliphatic hydroxyl groups is 1. The number of ether oxygens (including phenoxy) is 1. The molecule has 112 valence electrons. The Labute approximate surface area is 121 Å². The normalized spacial score (nSPS) is 12.2. The van der Waals surface area contributed by atoms with Crippen LogP contribution in [0, 0.1) is 5.92 Å². The van der Waals surface area contributed by atoms with Crippen molar-refractivity contribution in [3.05, 3.63) is 30.3 Å². The van der Waals surface area contributed by atoms with Crippen LogP contribution in [0.5, 0.6) is 5.75 Å². The molecule has 0 heterocycles. The van der Waals surface area contributed by atoms with Crippen molar-refractivity contribution >= 4 is 5.91 Å². The maximum Gasteiger partial charge on any atom is 0.220 e. The second kappa shape index (κ2) is 9.37. The molecule has 0 aromatic heterocycles. The zero-order valence-electron chi connectivity index (χ0n) is 12.3. The molecule has 1 rings (SSSR count). The average molecular weight is 279 g/mol. The number of benzene rings is 1. The van der Waals surface area contributed by atoms with Gasteiger partial charge in [0.1, 0.15) is 5.75 Å². The summed E-state index contributed by atoms with van der Waals surface area (Å²) in [6.45, 7) is 4.65. The van der Waals surface area contributed by atoms with Crippen molar-refractivity contribution < 1.29 is 14.6 Å². The van der Waals surface area contributed by atoms with Gasteiger partial charge in [0.2, 0.25) is 5.91 Å². The molecule has 4 heteroatoms. The van der Waals surface area contributed by atoms with Gasteiger partial charge in [-0.2, -0.15) is 0 Å². The summed E-state index contributed by atoms with van der Waals surface area (Å²) < 4.78 is 5.52. The first-order valence-corrected chi connectivity index (χ1v) is 7.20. The molecule has 0 aliphatic heterocycles. The predicted molar refractivity (Wildman–Crippen MR) is 79.6 cm³/mol. The molecular formula is C16H25NO3. The van der Waals surface area contributed by atoms with Gasteiger partial charge >= 0.3 is 0 Å². The number of amides is 1. The number of carbonyl (C=O) groups is 1. The summed E-state index contributed by atoms with van der Waals surface area (Å²) >= 11 is 0. The third-order valence-corrected chi connectivity index (χ3v) is 2.90. The average Bonchev–Trinajstić information content (AvgIpc) is 2.43. The highest BCUT2D eigenvalue weighted by molar-refractivity contribution is 5.76. The van der Waals surface area contributed by atoms with Crippen LogP contribution in [0.4, 0.5) is 0 Å². The standard InChI is InChI=1S/C16H25NO3/c1-13(2)11-14(12-18)17-16(19)9-6-10-20-15-7-4-3-5-8-15/h3-5,7-8,13-14,18H,6,9-12H2,1-2H3,(H,17,19). The minimum Gasteiger partial charge on any atom is -0.494 e. The Hall–Kier alpha value is -1.55. The molecule has 0 aliphatic carbocycles. The molecule has 0 saturated carbocycles. The largest absolute Gasteiger partial charge is 0.494 e. The molecule has 1 aromatic rings.